The van der Waals surface area contributed by atoms with Gasteiger partial charge in [0.25, 0.3) is 0 Å². The third-order valence-corrected chi connectivity index (χ3v) is 5.16. The first-order valence-corrected chi connectivity index (χ1v) is 10.8. The number of unbranched alkanes of at least 4 members (excludes halogenated alkanes) is 2. The first-order valence-electron chi connectivity index (χ1n) is 10.8. The fourth-order valence-corrected chi connectivity index (χ4v) is 3.30. The molecule has 0 atom stereocenters. The van der Waals surface area contributed by atoms with E-state index in [1.165, 1.54) is 12.1 Å². The summed E-state index contributed by atoms with van der Waals surface area (Å²) in [6, 6.07) is 15.9. The van der Waals surface area contributed by atoms with Gasteiger partial charge in [0, 0.05) is 16.7 Å². The highest BCUT2D eigenvalue weighted by atomic mass is 19.1. The molecule has 3 heteroatoms. The summed E-state index contributed by atoms with van der Waals surface area (Å²) < 4.78 is 34.0. The second-order valence-corrected chi connectivity index (χ2v) is 7.65. The van der Waals surface area contributed by atoms with E-state index in [1.54, 1.807) is 7.11 Å². The lowest BCUT2D eigenvalue weighted by Gasteiger charge is -2.04. The summed E-state index contributed by atoms with van der Waals surface area (Å²) in [7, 11) is 1.63. The summed E-state index contributed by atoms with van der Waals surface area (Å²) >= 11 is 0. The molecule has 0 aliphatic heterocycles. The van der Waals surface area contributed by atoms with Crippen molar-refractivity contribution in [3.05, 3.63) is 99.6 Å². The molecule has 3 rings (SSSR count). The standard InChI is InChI=1S/C29H26F2O/c1-4-5-6-7-24-19-28(30)27(29(31)20-24)17-12-23-9-14-25(21(2)18-23)13-8-22-10-15-26(32-3)16-11-22/h9-11,14-16,18-20H,4-7H2,1-3H3. The van der Waals surface area contributed by atoms with Gasteiger partial charge in [0.1, 0.15) is 17.4 Å². The van der Waals surface area contributed by atoms with Gasteiger partial charge in [0.05, 0.1) is 12.7 Å². The van der Waals surface area contributed by atoms with E-state index < -0.39 is 11.6 Å². The van der Waals surface area contributed by atoms with Crippen LogP contribution in [-0.4, -0.2) is 7.11 Å². The van der Waals surface area contributed by atoms with Crippen molar-refractivity contribution in [3.63, 3.8) is 0 Å². The Bertz CT molecular complexity index is 1180. The van der Waals surface area contributed by atoms with Gasteiger partial charge in [-0.05, 0) is 85.5 Å². The average molecular weight is 429 g/mol. The maximum Gasteiger partial charge on any atom is 0.142 e. The number of halogens is 2. The predicted octanol–water partition coefficient (Wildman–Crippen LogP) is 6.81. The molecule has 3 aromatic rings. The molecular weight excluding hydrogens is 402 g/mol. The minimum Gasteiger partial charge on any atom is -0.497 e. The molecule has 0 saturated carbocycles. The highest BCUT2D eigenvalue weighted by Crippen LogP contribution is 2.17. The molecule has 0 aliphatic carbocycles. The van der Waals surface area contributed by atoms with Crippen LogP contribution in [0.3, 0.4) is 0 Å². The van der Waals surface area contributed by atoms with Crippen molar-refractivity contribution in [2.24, 2.45) is 0 Å². The van der Waals surface area contributed by atoms with E-state index in [0.29, 0.717) is 17.5 Å². The zero-order chi connectivity index (χ0) is 22.9. The van der Waals surface area contributed by atoms with E-state index in [4.69, 9.17) is 4.74 Å². The van der Waals surface area contributed by atoms with E-state index in [0.717, 1.165) is 41.7 Å². The summed E-state index contributed by atoms with van der Waals surface area (Å²) in [5, 5.41) is 0. The van der Waals surface area contributed by atoms with Gasteiger partial charge < -0.3 is 4.74 Å². The van der Waals surface area contributed by atoms with Crippen LogP contribution in [0.5, 0.6) is 5.75 Å². The second kappa shape index (κ2) is 11.2. The number of hydrogen-bond acceptors (Lipinski definition) is 1. The number of ether oxygens (including phenoxy) is 1. The molecule has 0 fully saturated rings. The zero-order valence-corrected chi connectivity index (χ0v) is 18.7. The molecule has 0 aliphatic rings. The topological polar surface area (TPSA) is 9.23 Å². The minimum absolute atomic E-state index is 0.190. The molecule has 0 unspecified atom stereocenters. The lowest BCUT2D eigenvalue weighted by atomic mass is 10.0. The van der Waals surface area contributed by atoms with Crippen LogP contribution in [0, 0.1) is 42.2 Å². The summed E-state index contributed by atoms with van der Waals surface area (Å²) in [5.41, 5.74) is 3.88. The summed E-state index contributed by atoms with van der Waals surface area (Å²) in [6.45, 7) is 4.04. The van der Waals surface area contributed by atoms with Gasteiger partial charge >= 0.3 is 0 Å². The van der Waals surface area contributed by atoms with E-state index in [2.05, 4.69) is 30.6 Å². The van der Waals surface area contributed by atoms with Crippen molar-refractivity contribution in [2.45, 2.75) is 39.5 Å². The average Bonchev–Trinajstić information content (AvgIpc) is 2.78. The summed E-state index contributed by atoms with van der Waals surface area (Å²) in [5.74, 6) is 11.4. The minimum atomic E-state index is -0.609. The molecule has 0 heterocycles. The van der Waals surface area contributed by atoms with Crippen LogP contribution in [0.2, 0.25) is 0 Å². The van der Waals surface area contributed by atoms with Gasteiger partial charge in [0.15, 0.2) is 0 Å². The van der Waals surface area contributed by atoms with Crippen LogP contribution >= 0.6 is 0 Å². The Labute approximate surface area is 189 Å². The first-order chi connectivity index (χ1) is 15.5. The van der Waals surface area contributed by atoms with Crippen LogP contribution in [0.4, 0.5) is 8.78 Å². The Kier molecular flexibility index (Phi) is 8.07. The van der Waals surface area contributed by atoms with Gasteiger partial charge in [-0.2, -0.15) is 0 Å². The number of hydrogen-bond donors (Lipinski definition) is 0. The fraction of sp³-hybridized carbons (Fsp3) is 0.241. The molecule has 162 valence electrons. The zero-order valence-electron chi connectivity index (χ0n) is 18.7. The molecule has 1 nitrogen and oxygen atoms in total. The molecule has 0 spiro atoms. The molecule has 0 saturated heterocycles. The van der Waals surface area contributed by atoms with Crippen molar-refractivity contribution in [1.29, 1.82) is 0 Å². The first kappa shape index (κ1) is 23.1. The quantitative estimate of drug-likeness (QED) is 0.320. The molecule has 0 bridgehead atoms. The van der Waals surface area contributed by atoms with Crippen LogP contribution in [0.1, 0.15) is 59.6 Å². The third kappa shape index (κ3) is 6.22. The highest BCUT2D eigenvalue weighted by Gasteiger charge is 2.09. The van der Waals surface area contributed by atoms with Crippen molar-refractivity contribution in [2.75, 3.05) is 7.11 Å². The Hall–Kier alpha value is -3.56. The lowest BCUT2D eigenvalue weighted by Crippen LogP contribution is -1.95. The molecule has 0 amide bonds. The molecule has 0 N–H and O–H groups in total. The maximum absolute atomic E-state index is 14.4. The SMILES string of the molecule is CCCCCc1cc(F)c(C#Cc2ccc(C#Cc3ccc(OC)cc3)c(C)c2)c(F)c1. The van der Waals surface area contributed by atoms with Crippen LogP contribution in [-0.2, 0) is 6.42 Å². The molecular formula is C29H26F2O. The van der Waals surface area contributed by atoms with Crippen LogP contribution in [0.15, 0.2) is 54.6 Å². The van der Waals surface area contributed by atoms with Crippen LogP contribution < -0.4 is 4.74 Å². The van der Waals surface area contributed by atoms with Gasteiger partial charge in [-0.25, -0.2) is 8.78 Å². The van der Waals surface area contributed by atoms with Crippen LogP contribution in [0.25, 0.3) is 0 Å². The largest absolute Gasteiger partial charge is 0.497 e. The fourth-order valence-electron chi connectivity index (χ4n) is 3.30. The molecule has 32 heavy (non-hydrogen) atoms. The van der Waals surface area contributed by atoms with Crippen molar-refractivity contribution in [1.82, 2.24) is 0 Å². The highest BCUT2D eigenvalue weighted by molar-refractivity contribution is 5.52. The summed E-state index contributed by atoms with van der Waals surface area (Å²) in [6.07, 6.45) is 3.71. The molecule has 3 aromatic carbocycles. The number of benzene rings is 3. The number of aryl methyl sites for hydroxylation is 2. The predicted molar refractivity (Wildman–Crippen MR) is 126 cm³/mol. The second-order valence-electron chi connectivity index (χ2n) is 7.65. The van der Waals surface area contributed by atoms with Gasteiger partial charge in [-0.3, -0.25) is 0 Å². The van der Waals surface area contributed by atoms with Gasteiger partial charge in [0.2, 0.25) is 0 Å². The smallest absolute Gasteiger partial charge is 0.142 e. The Balaban J connectivity index is 1.76. The van der Waals surface area contributed by atoms with Gasteiger partial charge in [-0.1, -0.05) is 43.4 Å². The molecule has 0 radical (unpaired) electrons. The van der Waals surface area contributed by atoms with Crippen molar-refractivity contribution < 1.29 is 13.5 Å². The lowest BCUT2D eigenvalue weighted by molar-refractivity contribution is 0.415. The number of rotatable bonds is 5. The summed E-state index contributed by atoms with van der Waals surface area (Å²) in [4.78, 5) is 0. The van der Waals surface area contributed by atoms with E-state index in [9.17, 15) is 8.78 Å². The molecule has 0 aromatic heterocycles. The van der Waals surface area contributed by atoms with E-state index in [1.807, 2.05) is 49.4 Å². The van der Waals surface area contributed by atoms with E-state index >= 15 is 0 Å². The van der Waals surface area contributed by atoms with Crippen molar-refractivity contribution in [3.8, 4) is 29.4 Å². The monoisotopic (exact) mass is 428 g/mol. The van der Waals surface area contributed by atoms with Gasteiger partial charge in [-0.15, -0.1) is 0 Å². The van der Waals surface area contributed by atoms with Crippen molar-refractivity contribution >= 4 is 0 Å². The third-order valence-electron chi connectivity index (χ3n) is 5.16. The normalized spacial score (nSPS) is 10.0. The number of methoxy groups -OCH3 is 1. The van der Waals surface area contributed by atoms with E-state index in [-0.39, 0.29) is 5.56 Å². The Morgan fingerprint density at radius 3 is 2.06 bits per heavy atom. The Morgan fingerprint density at radius 1 is 0.781 bits per heavy atom. The Morgan fingerprint density at radius 2 is 1.44 bits per heavy atom. The maximum atomic E-state index is 14.4.